The van der Waals surface area contributed by atoms with Gasteiger partial charge in [0.2, 0.25) is 5.88 Å². The summed E-state index contributed by atoms with van der Waals surface area (Å²) in [4.78, 5) is 23.6. The monoisotopic (exact) mass is 382 g/mol. The number of terminal acetylenes is 1. The van der Waals surface area contributed by atoms with Crippen molar-refractivity contribution in [2.45, 2.75) is 25.4 Å². The highest BCUT2D eigenvalue weighted by molar-refractivity contribution is 5.93. The number of fused-ring (bicyclic) bond motifs is 1. The Balaban J connectivity index is 0.000000236. The van der Waals surface area contributed by atoms with E-state index in [1.165, 1.54) is 4.90 Å². The third-order valence-electron chi connectivity index (χ3n) is 4.64. The molecule has 1 saturated heterocycles. The quantitative estimate of drug-likeness (QED) is 0.735. The fraction of sp³-hybridized carbons (Fsp3) is 0.350. The van der Waals surface area contributed by atoms with Crippen molar-refractivity contribution >= 4 is 11.8 Å². The van der Waals surface area contributed by atoms with Crippen LogP contribution in [0, 0.1) is 12.3 Å². The molecule has 0 bridgehead atoms. The zero-order chi connectivity index (χ0) is 20.3. The molecule has 0 aliphatic carbocycles. The van der Waals surface area contributed by atoms with Crippen molar-refractivity contribution in [2.75, 3.05) is 20.2 Å². The number of rotatable bonds is 2. The zero-order valence-corrected chi connectivity index (χ0v) is 15.6. The molecule has 1 aromatic carbocycles. The van der Waals surface area contributed by atoms with Crippen LogP contribution >= 0.6 is 0 Å². The smallest absolute Gasteiger partial charge is 0.269 e. The first-order valence-corrected chi connectivity index (χ1v) is 8.97. The molecule has 4 rings (SSSR count). The number of amides is 2. The Morgan fingerprint density at radius 1 is 1.46 bits per heavy atom. The largest absolute Gasteiger partial charge is 0.477 e. The molecule has 0 saturated carbocycles. The van der Waals surface area contributed by atoms with Gasteiger partial charge in [0.05, 0.1) is 12.3 Å². The first kappa shape index (κ1) is 19.5. The fourth-order valence-electron chi connectivity index (χ4n) is 3.13. The van der Waals surface area contributed by atoms with Crippen LogP contribution in [0.4, 0.5) is 0 Å². The number of carbonyl (C=O) groups is 2. The number of hydrogen-bond acceptors (Lipinski definition) is 5. The predicted molar refractivity (Wildman–Crippen MR) is 102 cm³/mol. The van der Waals surface area contributed by atoms with E-state index in [-0.39, 0.29) is 11.6 Å². The van der Waals surface area contributed by atoms with Crippen molar-refractivity contribution in [1.29, 1.82) is 0 Å². The lowest BCUT2D eigenvalue weighted by Gasteiger charge is -2.15. The van der Waals surface area contributed by atoms with E-state index in [0.29, 0.717) is 25.5 Å². The maximum atomic E-state index is 11.5. The second-order valence-electron chi connectivity index (χ2n) is 6.62. The van der Waals surface area contributed by atoms with E-state index in [0.717, 1.165) is 29.7 Å². The minimum Gasteiger partial charge on any atom is -0.477 e. The summed E-state index contributed by atoms with van der Waals surface area (Å²) in [6, 6.07) is 7.34. The Labute approximate surface area is 162 Å². The van der Waals surface area contributed by atoms with Crippen molar-refractivity contribution in [1.82, 2.24) is 14.7 Å². The lowest BCUT2D eigenvalue weighted by molar-refractivity contribution is -0.133. The van der Waals surface area contributed by atoms with Crippen molar-refractivity contribution in [2.24, 2.45) is 5.73 Å². The van der Waals surface area contributed by atoms with Gasteiger partial charge in [-0.3, -0.25) is 9.59 Å². The third kappa shape index (κ3) is 3.85. The summed E-state index contributed by atoms with van der Waals surface area (Å²) < 4.78 is 7.25. The van der Waals surface area contributed by atoms with Crippen LogP contribution < -0.4 is 10.5 Å². The molecule has 0 unspecified atom stereocenters. The molecule has 2 aliphatic heterocycles. The van der Waals surface area contributed by atoms with Gasteiger partial charge >= 0.3 is 0 Å². The number of hydrogen-bond donors (Lipinski definition) is 2. The Morgan fingerprint density at radius 3 is 2.82 bits per heavy atom. The van der Waals surface area contributed by atoms with Gasteiger partial charge in [-0.1, -0.05) is 12.0 Å². The second kappa shape index (κ2) is 8.15. The van der Waals surface area contributed by atoms with Gasteiger partial charge < -0.3 is 20.5 Å². The maximum absolute atomic E-state index is 11.5. The lowest BCUT2D eigenvalue weighted by Crippen LogP contribution is -2.24. The predicted octanol–water partition coefficient (Wildman–Crippen LogP) is 0.487. The molecule has 1 atom stereocenters. The molecule has 28 heavy (non-hydrogen) atoms. The van der Waals surface area contributed by atoms with Crippen LogP contribution in [0.5, 0.6) is 5.88 Å². The minimum absolute atomic E-state index is 0.148. The van der Waals surface area contributed by atoms with Gasteiger partial charge in [-0.25, -0.2) is 4.68 Å². The van der Waals surface area contributed by atoms with Crippen molar-refractivity contribution < 1.29 is 19.4 Å². The van der Waals surface area contributed by atoms with Gasteiger partial charge in [0, 0.05) is 24.7 Å². The number of primary amides is 1. The van der Waals surface area contributed by atoms with Gasteiger partial charge in [-0.05, 0) is 37.5 Å². The number of aliphatic hydroxyl groups excluding tert-OH is 1. The van der Waals surface area contributed by atoms with Crippen LogP contribution in [0.2, 0.25) is 0 Å². The van der Waals surface area contributed by atoms with Crippen LogP contribution in [0.25, 0.3) is 5.69 Å². The number of likely N-dealkylation sites (tertiary alicyclic amines) is 1. The summed E-state index contributed by atoms with van der Waals surface area (Å²) in [5.74, 6) is 2.46. The molecule has 0 radical (unpaired) electrons. The van der Waals surface area contributed by atoms with Gasteiger partial charge in [-0.15, -0.1) is 6.42 Å². The normalized spacial score (nSPS) is 17.8. The SMILES string of the molecule is C#Cc1cccc(-n2nc(C(N)=O)c3c2OCCC3)c1.CN1CC[C@H](O)C1=O. The Hall–Kier alpha value is -3.31. The summed E-state index contributed by atoms with van der Waals surface area (Å²) in [5, 5.41) is 13.1. The number of nitrogens with two attached hydrogens (primary N) is 1. The highest BCUT2D eigenvalue weighted by Gasteiger charge is 2.26. The topological polar surface area (TPSA) is 111 Å². The zero-order valence-electron chi connectivity index (χ0n) is 15.6. The fourth-order valence-corrected chi connectivity index (χ4v) is 3.13. The molecular formula is C20H22N4O4. The average molecular weight is 382 g/mol. The lowest BCUT2D eigenvalue weighted by atomic mass is 10.1. The molecule has 3 N–H and O–H groups in total. The van der Waals surface area contributed by atoms with Crippen LogP contribution in [-0.2, 0) is 11.2 Å². The molecule has 3 heterocycles. The number of likely N-dealkylation sites (N-methyl/N-ethyl adjacent to an activating group) is 1. The highest BCUT2D eigenvalue weighted by Crippen LogP contribution is 2.30. The minimum atomic E-state index is -0.722. The summed E-state index contributed by atoms with van der Waals surface area (Å²) in [5.41, 5.74) is 7.92. The molecule has 8 nitrogen and oxygen atoms in total. The van der Waals surface area contributed by atoms with E-state index in [2.05, 4.69) is 11.0 Å². The molecule has 146 valence electrons. The van der Waals surface area contributed by atoms with Gasteiger partial charge in [0.1, 0.15) is 6.10 Å². The first-order chi connectivity index (χ1) is 13.4. The second-order valence-corrected chi connectivity index (χ2v) is 6.62. The molecule has 2 aromatic rings. The van der Waals surface area contributed by atoms with Crippen LogP contribution in [0.15, 0.2) is 24.3 Å². The molecule has 8 heteroatoms. The van der Waals surface area contributed by atoms with Crippen molar-refractivity contribution in [3.05, 3.63) is 41.1 Å². The van der Waals surface area contributed by atoms with E-state index >= 15 is 0 Å². The van der Waals surface area contributed by atoms with Gasteiger partial charge in [0.25, 0.3) is 11.8 Å². The number of ether oxygens (including phenoxy) is 1. The Kier molecular flexibility index (Phi) is 5.66. The molecular weight excluding hydrogens is 360 g/mol. The summed E-state index contributed by atoms with van der Waals surface area (Å²) in [6.07, 6.45) is 6.86. The molecule has 1 aromatic heterocycles. The summed E-state index contributed by atoms with van der Waals surface area (Å²) >= 11 is 0. The van der Waals surface area contributed by atoms with Gasteiger partial charge in [-0.2, -0.15) is 5.10 Å². The first-order valence-electron chi connectivity index (χ1n) is 8.97. The molecule has 0 spiro atoms. The van der Waals surface area contributed by atoms with E-state index < -0.39 is 12.0 Å². The Morgan fingerprint density at radius 2 is 2.25 bits per heavy atom. The van der Waals surface area contributed by atoms with Gasteiger partial charge in [0.15, 0.2) is 5.69 Å². The summed E-state index contributed by atoms with van der Waals surface area (Å²) in [6.45, 7) is 1.30. The molecule has 2 amide bonds. The van der Waals surface area contributed by atoms with E-state index in [4.69, 9.17) is 22.0 Å². The number of benzene rings is 1. The average Bonchev–Trinajstić information content (AvgIpc) is 3.24. The summed E-state index contributed by atoms with van der Waals surface area (Å²) in [7, 11) is 1.69. The highest BCUT2D eigenvalue weighted by atomic mass is 16.5. The number of aromatic nitrogens is 2. The van der Waals surface area contributed by atoms with E-state index in [1.807, 2.05) is 24.3 Å². The molecule has 2 aliphatic rings. The van der Waals surface area contributed by atoms with E-state index in [9.17, 15) is 9.59 Å². The standard InChI is InChI=1S/C15H13N3O2.C5H9NO2/c1-2-10-5-3-6-11(9-10)18-15-12(7-4-8-20-15)13(17-18)14(16)19;1-6-3-2-4(7)5(6)8/h1,3,5-6,9H,4,7-8H2,(H2,16,19);4,7H,2-3H2,1H3/t;4-/m.0/s1. The van der Waals surface area contributed by atoms with Crippen molar-refractivity contribution in [3.8, 4) is 23.9 Å². The maximum Gasteiger partial charge on any atom is 0.269 e. The van der Waals surface area contributed by atoms with Crippen LogP contribution in [0.1, 0.15) is 34.5 Å². The van der Waals surface area contributed by atoms with E-state index in [1.54, 1.807) is 11.7 Å². The third-order valence-corrected chi connectivity index (χ3v) is 4.64. The number of carbonyl (C=O) groups excluding carboxylic acids is 2. The van der Waals surface area contributed by atoms with Crippen molar-refractivity contribution in [3.63, 3.8) is 0 Å². The van der Waals surface area contributed by atoms with Crippen LogP contribution in [-0.4, -0.2) is 57.9 Å². The molecule has 1 fully saturated rings. The number of nitrogens with zero attached hydrogens (tertiary/aromatic N) is 3. The van der Waals surface area contributed by atoms with Crippen LogP contribution in [0.3, 0.4) is 0 Å². The Bertz CT molecular complexity index is 932. The number of aliphatic hydroxyl groups is 1.